The summed E-state index contributed by atoms with van der Waals surface area (Å²) in [5.41, 5.74) is 5.06. The summed E-state index contributed by atoms with van der Waals surface area (Å²) in [5, 5.41) is 2.21. The van der Waals surface area contributed by atoms with E-state index < -0.39 is 0 Å². The van der Waals surface area contributed by atoms with E-state index in [2.05, 4.69) is 60.9 Å². The lowest BCUT2D eigenvalue weighted by molar-refractivity contribution is -0.626. The van der Waals surface area contributed by atoms with Crippen molar-refractivity contribution in [2.75, 3.05) is 13.6 Å². The second kappa shape index (κ2) is 5.93. The molecule has 0 radical (unpaired) electrons. The predicted octanol–water partition coefficient (Wildman–Crippen LogP) is 2.59. The van der Waals surface area contributed by atoms with Gasteiger partial charge in [-0.2, -0.15) is 0 Å². The Hall–Kier alpha value is -2.06. The van der Waals surface area contributed by atoms with Crippen LogP contribution in [0.5, 0.6) is 5.75 Å². The Morgan fingerprint density at radius 1 is 1.05 bits per heavy atom. The van der Waals surface area contributed by atoms with Gasteiger partial charge in [-0.1, -0.05) is 48.5 Å². The highest BCUT2D eigenvalue weighted by atomic mass is 16.5. The van der Waals surface area contributed by atoms with E-state index in [9.17, 15) is 0 Å². The summed E-state index contributed by atoms with van der Waals surface area (Å²) in [4.78, 5) is 0. The highest BCUT2D eigenvalue weighted by molar-refractivity contribution is 5.84. The molecule has 0 spiro atoms. The van der Waals surface area contributed by atoms with Gasteiger partial charge in [0.25, 0.3) is 0 Å². The molecule has 2 nitrogen and oxygen atoms in total. The smallest absolute Gasteiger partial charge is 0.127 e. The minimum atomic E-state index is 0.643. The fourth-order valence-electron chi connectivity index (χ4n) is 2.64. The molecular weight excluding hydrogens is 246 g/mol. The van der Waals surface area contributed by atoms with E-state index in [1.807, 2.05) is 6.07 Å². The van der Waals surface area contributed by atoms with Crippen LogP contribution in [0, 0.1) is 0 Å². The summed E-state index contributed by atoms with van der Waals surface area (Å²) in [7, 11) is 2.11. The van der Waals surface area contributed by atoms with Gasteiger partial charge in [-0.3, -0.25) is 0 Å². The van der Waals surface area contributed by atoms with Crippen LogP contribution in [0.2, 0.25) is 0 Å². The molecular formula is C18H20NO+. The Kier molecular flexibility index (Phi) is 3.84. The predicted molar refractivity (Wildman–Crippen MR) is 81.6 cm³/mol. The summed E-state index contributed by atoms with van der Waals surface area (Å²) in [6.45, 7) is 1.75. The Morgan fingerprint density at radius 3 is 2.65 bits per heavy atom. The maximum absolute atomic E-state index is 5.96. The van der Waals surface area contributed by atoms with Gasteiger partial charge >= 0.3 is 0 Å². The van der Waals surface area contributed by atoms with E-state index in [1.54, 1.807) is 0 Å². The summed E-state index contributed by atoms with van der Waals surface area (Å²) in [6.07, 6.45) is 3.40. The number of fused-ring (bicyclic) bond motifs is 2. The number of benzene rings is 2. The zero-order chi connectivity index (χ0) is 13.8. The molecule has 0 unspecified atom stereocenters. The van der Waals surface area contributed by atoms with Crippen LogP contribution in [-0.4, -0.2) is 13.6 Å². The lowest BCUT2D eigenvalue weighted by atomic mass is 9.93. The highest BCUT2D eigenvalue weighted by Crippen LogP contribution is 2.36. The average Bonchev–Trinajstić information content (AvgIpc) is 2.66. The second-order valence-electron chi connectivity index (χ2n) is 5.05. The van der Waals surface area contributed by atoms with Crippen LogP contribution in [0.15, 0.2) is 54.6 Å². The second-order valence-corrected chi connectivity index (χ2v) is 5.05. The molecule has 2 aromatic carbocycles. The van der Waals surface area contributed by atoms with Crippen LogP contribution in [0.1, 0.15) is 23.1 Å². The Morgan fingerprint density at radius 2 is 1.80 bits per heavy atom. The van der Waals surface area contributed by atoms with Gasteiger partial charge in [0, 0.05) is 12.0 Å². The summed E-state index contributed by atoms with van der Waals surface area (Å²) < 4.78 is 5.96. The van der Waals surface area contributed by atoms with Crippen LogP contribution < -0.4 is 10.1 Å². The molecule has 0 amide bonds. The number of nitrogens with two attached hydrogens (primary N) is 1. The van der Waals surface area contributed by atoms with Crippen LogP contribution in [0.25, 0.3) is 5.57 Å². The molecule has 3 rings (SSSR count). The number of ether oxygens (including phenoxy) is 1. The number of hydrogen-bond acceptors (Lipinski definition) is 1. The number of rotatable bonds is 3. The largest absolute Gasteiger partial charge is 0.488 e. The van der Waals surface area contributed by atoms with Crippen molar-refractivity contribution >= 4 is 5.57 Å². The first-order chi connectivity index (χ1) is 9.90. The van der Waals surface area contributed by atoms with Gasteiger partial charge in [0.2, 0.25) is 0 Å². The van der Waals surface area contributed by atoms with Crippen LogP contribution >= 0.6 is 0 Å². The van der Waals surface area contributed by atoms with Crippen molar-refractivity contribution in [2.45, 2.75) is 13.0 Å². The van der Waals surface area contributed by atoms with Crippen molar-refractivity contribution in [3.63, 3.8) is 0 Å². The summed E-state index contributed by atoms with van der Waals surface area (Å²) in [5.74, 6) is 0.982. The van der Waals surface area contributed by atoms with Gasteiger partial charge in [-0.05, 0) is 22.8 Å². The molecule has 1 aliphatic heterocycles. The monoisotopic (exact) mass is 266 g/mol. The molecule has 0 fully saturated rings. The summed E-state index contributed by atoms with van der Waals surface area (Å²) in [6, 6.07) is 16.9. The van der Waals surface area contributed by atoms with Crippen LogP contribution in [0.4, 0.5) is 0 Å². The molecule has 0 saturated heterocycles. The molecule has 0 saturated carbocycles. The van der Waals surface area contributed by atoms with Crippen molar-refractivity contribution in [2.24, 2.45) is 0 Å². The van der Waals surface area contributed by atoms with Gasteiger partial charge in [0.15, 0.2) is 0 Å². The van der Waals surface area contributed by atoms with Crippen molar-refractivity contribution < 1.29 is 10.1 Å². The first-order valence-electron chi connectivity index (χ1n) is 7.18. The van der Waals surface area contributed by atoms with Crippen LogP contribution in [0.3, 0.4) is 0 Å². The summed E-state index contributed by atoms with van der Waals surface area (Å²) >= 11 is 0. The van der Waals surface area contributed by atoms with E-state index in [4.69, 9.17) is 4.74 Å². The van der Waals surface area contributed by atoms with Gasteiger partial charge in [0.05, 0.1) is 13.6 Å². The maximum Gasteiger partial charge on any atom is 0.127 e. The average molecular weight is 266 g/mol. The quantitative estimate of drug-likeness (QED) is 0.849. The third-order valence-electron chi connectivity index (χ3n) is 3.67. The zero-order valence-corrected chi connectivity index (χ0v) is 11.8. The van der Waals surface area contributed by atoms with E-state index in [-0.39, 0.29) is 0 Å². The van der Waals surface area contributed by atoms with Crippen molar-refractivity contribution in [1.82, 2.24) is 0 Å². The van der Waals surface area contributed by atoms with E-state index in [0.717, 1.165) is 18.7 Å². The van der Waals surface area contributed by atoms with Gasteiger partial charge in [-0.15, -0.1) is 0 Å². The molecule has 0 atom stereocenters. The van der Waals surface area contributed by atoms with E-state index >= 15 is 0 Å². The zero-order valence-electron chi connectivity index (χ0n) is 11.8. The minimum Gasteiger partial charge on any atom is -0.488 e. The van der Waals surface area contributed by atoms with Gasteiger partial charge in [0.1, 0.15) is 12.4 Å². The van der Waals surface area contributed by atoms with Crippen molar-refractivity contribution in [3.05, 3.63) is 71.3 Å². The third-order valence-corrected chi connectivity index (χ3v) is 3.67. The molecule has 1 aliphatic rings. The lowest BCUT2D eigenvalue weighted by Gasteiger charge is -2.10. The number of hydrogen-bond donors (Lipinski definition) is 1. The number of para-hydroxylation sites is 1. The standard InChI is InChI=1S/C18H19NO/c1-19-12-6-10-16-15-8-3-2-7-14(15)13-20-18-11-5-4-9-17(16)18/h2-5,7-11,19H,6,12-13H2,1H3/p+1/b16-10+. The lowest BCUT2D eigenvalue weighted by Crippen LogP contribution is -2.79. The molecule has 0 aliphatic carbocycles. The molecule has 2 heteroatoms. The normalized spacial score (nSPS) is 15.2. The van der Waals surface area contributed by atoms with Crippen molar-refractivity contribution in [3.8, 4) is 5.75 Å². The molecule has 0 aromatic heterocycles. The van der Waals surface area contributed by atoms with E-state index in [0.29, 0.717) is 6.61 Å². The minimum absolute atomic E-state index is 0.643. The Balaban J connectivity index is 2.11. The van der Waals surface area contributed by atoms with E-state index in [1.165, 1.54) is 22.3 Å². The molecule has 1 heterocycles. The molecule has 20 heavy (non-hydrogen) atoms. The third kappa shape index (κ3) is 2.47. The first-order valence-corrected chi connectivity index (χ1v) is 7.18. The van der Waals surface area contributed by atoms with Crippen molar-refractivity contribution in [1.29, 1.82) is 0 Å². The topological polar surface area (TPSA) is 25.8 Å². The maximum atomic E-state index is 5.96. The molecule has 2 aromatic rings. The fourth-order valence-corrected chi connectivity index (χ4v) is 2.64. The fraction of sp³-hybridized carbons (Fsp3) is 0.222. The molecule has 2 N–H and O–H groups in total. The molecule has 0 bridgehead atoms. The van der Waals surface area contributed by atoms with Gasteiger partial charge < -0.3 is 10.1 Å². The highest BCUT2D eigenvalue weighted by Gasteiger charge is 2.17. The molecule has 102 valence electrons. The number of quaternary nitrogens is 1. The SMILES string of the molecule is C[NH2+]CC/C=C1\c2ccccc2COc2ccccc21. The Labute approximate surface area is 120 Å². The Bertz CT molecular complexity index is 581. The van der Waals surface area contributed by atoms with Gasteiger partial charge in [-0.25, -0.2) is 0 Å². The van der Waals surface area contributed by atoms with Crippen LogP contribution in [-0.2, 0) is 6.61 Å². The first kappa shape index (κ1) is 12.9.